The van der Waals surface area contributed by atoms with Crippen LogP contribution in [0.5, 0.6) is 0 Å². The predicted molar refractivity (Wildman–Crippen MR) is 63.9 cm³/mol. The Bertz CT molecular complexity index is 311. The fraction of sp³-hybridized carbons (Fsp3) is 0.417. The standard InChI is InChI=1S/C12H16ClNO/c1-2-3-9-11(13)12(14-15)10-7-5-4-6-8-10/h4-8,11,15H,2-3,9H2,1H3/b14-12+. The number of hydrogen-bond donors (Lipinski definition) is 1. The maximum atomic E-state index is 8.95. The van der Waals surface area contributed by atoms with E-state index >= 15 is 0 Å². The Balaban J connectivity index is 2.73. The Labute approximate surface area is 95.6 Å². The zero-order chi connectivity index (χ0) is 11.1. The Morgan fingerprint density at radius 3 is 2.60 bits per heavy atom. The number of halogens is 1. The first kappa shape index (κ1) is 12.1. The van der Waals surface area contributed by atoms with E-state index in [9.17, 15) is 0 Å². The van der Waals surface area contributed by atoms with E-state index in [1.54, 1.807) is 0 Å². The Kier molecular flexibility index (Phi) is 5.19. The number of nitrogens with zero attached hydrogens (tertiary/aromatic N) is 1. The molecule has 0 aromatic heterocycles. The molecule has 15 heavy (non-hydrogen) atoms. The highest BCUT2D eigenvalue weighted by Crippen LogP contribution is 2.15. The van der Waals surface area contributed by atoms with Gasteiger partial charge in [0.15, 0.2) is 0 Å². The van der Waals surface area contributed by atoms with Crippen molar-refractivity contribution in [3.05, 3.63) is 35.9 Å². The predicted octanol–water partition coefficient (Wildman–Crippen LogP) is 3.66. The number of alkyl halides is 1. The van der Waals surface area contributed by atoms with Gasteiger partial charge in [0.2, 0.25) is 0 Å². The topological polar surface area (TPSA) is 32.6 Å². The summed E-state index contributed by atoms with van der Waals surface area (Å²) in [6, 6.07) is 9.54. The highest BCUT2D eigenvalue weighted by Gasteiger charge is 2.14. The van der Waals surface area contributed by atoms with E-state index in [2.05, 4.69) is 12.1 Å². The number of oxime groups is 1. The van der Waals surface area contributed by atoms with Gasteiger partial charge in [-0.05, 0) is 6.42 Å². The fourth-order valence-electron chi connectivity index (χ4n) is 1.43. The average Bonchev–Trinajstić information content (AvgIpc) is 2.29. The van der Waals surface area contributed by atoms with Crippen molar-refractivity contribution in [2.45, 2.75) is 31.6 Å². The van der Waals surface area contributed by atoms with Crippen LogP contribution >= 0.6 is 11.6 Å². The third-order valence-corrected chi connectivity index (χ3v) is 2.71. The van der Waals surface area contributed by atoms with Gasteiger partial charge in [-0.1, -0.05) is 55.3 Å². The molecule has 0 aliphatic heterocycles. The fourth-order valence-corrected chi connectivity index (χ4v) is 1.75. The molecule has 0 radical (unpaired) electrons. The van der Waals surface area contributed by atoms with Crippen LogP contribution in [0.4, 0.5) is 0 Å². The number of hydrogen-bond acceptors (Lipinski definition) is 2. The summed E-state index contributed by atoms with van der Waals surface area (Å²) in [6.45, 7) is 2.11. The third-order valence-electron chi connectivity index (χ3n) is 2.29. The van der Waals surface area contributed by atoms with Gasteiger partial charge in [-0.2, -0.15) is 0 Å². The Morgan fingerprint density at radius 2 is 2.07 bits per heavy atom. The second kappa shape index (κ2) is 6.46. The highest BCUT2D eigenvalue weighted by molar-refractivity contribution is 6.35. The molecule has 0 aliphatic carbocycles. The molecule has 1 N–H and O–H groups in total. The summed E-state index contributed by atoms with van der Waals surface area (Å²) >= 11 is 6.17. The molecule has 0 heterocycles. The molecule has 1 aromatic carbocycles. The summed E-state index contributed by atoms with van der Waals surface area (Å²) in [5.74, 6) is 0. The largest absolute Gasteiger partial charge is 0.411 e. The molecular weight excluding hydrogens is 210 g/mol. The van der Waals surface area contributed by atoms with Crippen molar-refractivity contribution in [1.29, 1.82) is 0 Å². The molecule has 0 spiro atoms. The summed E-state index contributed by atoms with van der Waals surface area (Å²) in [7, 11) is 0. The molecule has 0 aliphatic rings. The van der Waals surface area contributed by atoms with E-state index in [-0.39, 0.29) is 5.38 Å². The van der Waals surface area contributed by atoms with E-state index in [4.69, 9.17) is 16.8 Å². The van der Waals surface area contributed by atoms with Crippen LogP contribution in [0.2, 0.25) is 0 Å². The van der Waals surface area contributed by atoms with Crippen molar-refractivity contribution in [2.75, 3.05) is 0 Å². The normalized spacial score (nSPS) is 13.9. The van der Waals surface area contributed by atoms with Gasteiger partial charge in [0.1, 0.15) is 5.71 Å². The molecule has 0 amide bonds. The van der Waals surface area contributed by atoms with E-state index < -0.39 is 0 Å². The lowest BCUT2D eigenvalue weighted by Crippen LogP contribution is -2.16. The molecule has 0 saturated heterocycles. The Morgan fingerprint density at radius 1 is 1.40 bits per heavy atom. The lowest BCUT2D eigenvalue weighted by atomic mass is 10.0. The highest BCUT2D eigenvalue weighted by atomic mass is 35.5. The van der Waals surface area contributed by atoms with E-state index in [1.807, 2.05) is 30.3 Å². The zero-order valence-electron chi connectivity index (χ0n) is 8.86. The smallest absolute Gasteiger partial charge is 0.105 e. The van der Waals surface area contributed by atoms with Crippen molar-refractivity contribution in [3.63, 3.8) is 0 Å². The minimum atomic E-state index is -0.211. The minimum Gasteiger partial charge on any atom is -0.411 e. The summed E-state index contributed by atoms with van der Waals surface area (Å²) in [4.78, 5) is 0. The molecule has 3 heteroatoms. The summed E-state index contributed by atoms with van der Waals surface area (Å²) in [6.07, 6.45) is 2.98. The van der Waals surface area contributed by atoms with Crippen LogP contribution in [0.3, 0.4) is 0 Å². The molecular formula is C12H16ClNO. The average molecular weight is 226 g/mol. The minimum absolute atomic E-state index is 0.211. The number of benzene rings is 1. The molecule has 82 valence electrons. The van der Waals surface area contributed by atoms with Crippen LogP contribution in [0.25, 0.3) is 0 Å². The zero-order valence-corrected chi connectivity index (χ0v) is 9.61. The van der Waals surface area contributed by atoms with Crippen LogP contribution in [-0.4, -0.2) is 16.3 Å². The molecule has 0 saturated carbocycles. The van der Waals surface area contributed by atoms with Gasteiger partial charge in [0, 0.05) is 5.56 Å². The quantitative estimate of drug-likeness (QED) is 0.353. The van der Waals surface area contributed by atoms with Gasteiger partial charge in [0.25, 0.3) is 0 Å². The SMILES string of the molecule is CCCCC(Cl)/C(=N/O)c1ccccc1. The monoisotopic (exact) mass is 225 g/mol. The summed E-state index contributed by atoms with van der Waals surface area (Å²) in [5, 5.41) is 12.0. The van der Waals surface area contributed by atoms with Gasteiger partial charge in [-0.15, -0.1) is 11.6 Å². The van der Waals surface area contributed by atoms with Gasteiger partial charge in [0.05, 0.1) is 5.38 Å². The van der Waals surface area contributed by atoms with Crippen LogP contribution in [0.15, 0.2) is 35.5 Å². The summed E-state index contributed by atoms with van der Waals surface area (Å²) < 4.78 is 0. The van der Waals surface area contributed by atoms with Gasteiger partial charge in [-0.3, -0.25) is 0 Å². The lowest BCUT2D eigenvalue weighted by Gasteiger charge is -2.10. The second-order valence-electron chi connectivity index (χ2n) is 3.46. The van der Waals surface area contributed by atoms with Gasteiger partial charge < -0.3 is 5.21 Å². The van der Waals surface area contributed by atoms with Crippen molar-refractivity contribution < 1.29 is 5.21 Å². The number of rotatable bonds is 5. The first-order valence-corrected chi connectivity index (χ1v) is 5.64. The molecule has 1 unspecified atom stereocenters. The van der Waals surface area contributed by atoms with Gasteiger partial charge in [-0.25, -0.2) is 0 Å². The molecule has 0 fully saturated rings. The number of unbranched alkanes of at least 4 members (excludes halogenated alkanes) is 1. The van der Waals surface area contributed by atoms with Crippen LogP contribution in [0, 0.1) is 0 Å². The molecule has 2 nitrogen and oxygen atoms in total. The molecule has 1 aromatic rings. The molecule has 1 rings (SSSR count). The third kappa shape index (κ3) is 3.56. The van der Waals surface area contributed by atoms with E-state index in [0.29, 0.717) is 5.71 Å². The summed E-state index contributed by atoms with van der Waals surface area (Å²) in [5.41, 5.74) is 1.45. The van der Waals surface area contributed by atoms with E-state index in [0.717, 1.165) is 24.8 Å². The first-order chi connectivity index (χ1) is 7.29. The van der Waals surface area contributed by atoms with E-state index in [1.165, 1.54) is 0 Å². The molecule has 1 atom stereocenters. The van der Waals surface area contributed by atoms with Gasteiger partial charge >= 0.3 is 0 Å². The van der Waals surface area contributed by atoms with Crippen LogP contribution < -0.4 is 0 Å². The van der Waals surface area contributed by atoms with Crippen LogP contribution in [-0.2, 0) is 0 Å². The first-order valence-electron chi connectivity index (χ1n) is 5.21. The van der Waals surface area contributed by atoms with Crippen molar-refractivity contribution in [3.8, 4) is 0 Å². The maximum absolute atomic E-state index is 8.95. The second-order valence-corrected chi connectivity index (χ2v) is 3.99. The molecule has 0 bridgehead atoms. The maximum Gasteiger partial charge on any atom is 0.105 e. The Hall–Kier alpha value is -1.02. The van der Waals surface area contributed by atoms with Crippen molar-refractivity contribution in [2.24, 2.45) is 5.16 Å². The van der Waals surface area contributed by atoms with Crippen molar-refractivity contribution in [1.82, 2.24) is 0 Å². The lowest BCUT2D eigenvalue weighted by molar-refractivity contribution is 0.318. The van der Waals surface area contributed by atoms with Crippen LogP contribution in [0.1, 0.15) is 31.7 Å². The van der Waals surface area contributed by atoms with Crippen molar-refractivity contribution >= 4 is 17.3 Å².